The number of hydrogen-bond acceptors (Lipinski definition) is 4. The lowest BCUT2D eigenvalue weighted by Crippen LogP contribution is -2.33. The molecule has 100 valence electrons. The molecule has 0 radical (unpaired) electrons. The van der Waals surface area contributed by atoms with Crippen molar-refractivity contribution in [1.82, 2.24) is 0 Å². The van der Waals surface area contributed by atoms with Crippen LogP contribution in [0.25, 0.3) is 0 Å². The van der Waals surface area contributed by atoms with Crippen LogP contribution in [0.3, 0.4) is 0 Å². The van der Waals surface area contributed by atoms with Gasteiger partial charge in [-0.15, -0.1) is 0 Å². The molecule has 0 heterocycles. The molecule has 0 aliphatic rings. The lowest BCUT2D eigenvalue weighted by atomic mass is 9.85. The summed E-state index contributed by atoms with van der Waals surface area (Å²) in [7, 11) is -2.49. The highest BCUT2D eigenvalue weighted by atomic mass is 31.1. The van der Waals surface area contributed by atoms with Crippen molar-refractivity contribution in [2.24, 2.45) is 17.8 Å². The van der Waals surface area contributed by atoms with Crippen LogP contribution in [-0.2, 0) is 9.36 Å². The number of hydrogen-bond donors (Lipinski definition) is 3. The van der Waals surface area contributed by atoms with Crippen molar-refractivity contribution < 1.29 is 24.5 Å². The minimum absolute atomic E-state index is 0.0435. The van der Waals surface area contributed by atoms with E-state index in [4.69, 9.17) is 10.00 Å². The number of ketones is 1. The molecule has 0 aromatic heterocycles. The summed E-state index contributed by atoms with van der Waals surface area (Å²) in [6.07, 6.45) is -0.637. The van der Waals surface area contributed by atoms with Crippen molar-refractivity contribution >= 4 is 13.8 Å². The Labute approximate surface area is 103 Å². The molecule has 0 aromatic carbocycles. The second kappa shape index (κ2) is 7.88. The third-order valence-electron chi connectivity index (χ3n) is 2.98. The summed E-state index contributed by atoms with van der Waals surface area (Å²) in [5.74, 6) is -1.12. The zero-order valence-electron chi connectivity index (χ0n) is 10.5. The average Bonchev–Trinajstić information content (AvgIpc) is 2.25. The van der Waals surface area contributed by atoms with Gasteiger partial charge in [0.15, 0.2) is 5.78 Å². The molecule has 0 aromatic rings. The SMILES string of the molecule is CC(CO)CC(C)C(O)C(C)C(=O)C[P+](=O)O. The van der Waals surface area contributed by atoms with Gasteiger partial charge >= 0.3 is 8.03 Å². The molecule has 0 spiro atoms. The zero-order chi connectivity index (χ0) is 13.6. The molecule has 6 heteroatoms. The van der Waals surface area contributed by atoms with Gasteiger partial charge in [0, 0.05) is 12.5 Å². The minimum Gasteiger partial charge on any atom is -0.396 e. The highest BCUT2D eigenvalue weighted by Gasteiger charge is 2.31. The monoisotopic (exact) mass is 265 g/mol. The number of aliphatic hydroxyl groups is 2. The second-order valence-electron chi connectivity index (χ2n) is 4.76. The Bertz CT molecular complexity index is 269. The topological polar surface area (TPSA) is 94.8 Å². The smallest absolute Gasteiger partial charge is 0.396 e. The van der Waals surface area contributed by atoms with Gasteiger partial charge in [-0.2, -0.15) is 4.89 Å². The molecular formula is C11H22O5P+. The second-order valence-corrected chi connectivity index (χ2v) is 5.78. The fourth-order valence-corrected chi connectivity index (χ4v) is 2.36. The summed E-state index contributed by atoms with van der Waals surface area (Å²) >= 11 is 0. The van der Waals surface area contributed by atoms with Gasteiger partial charge in [0.25, 0.3) is 0 Å². The Hall–Kier alpha value is -0.350. The van der Waals surface area contributed by atoms with Gasteiger partial charge in [0.05, 0.1) is 6.10 Å². The normalized spacial score (nSPS) is 19.3. The van der Waals surface area contributed by atoms with E-state index < -0.39 is 32.0 Å². The van der Waals surface area contributed by atoms with Crippen LogP contribution in [0.5, 0.6) is 0 Å². The first-order valence-corrected chi connectivity index (χ1v) is 7.14. The third-order valence-corrected chi connectivity index (χ3v) is 3.56. The van der Waals surface area contributed by atoms with E-state index in [1.807, 2.05) is 6.92 Å². The van der Waals surface area contributed by atoms with Crippen molar-refractivity contribution in [2.75, 3.05) is 12.8 Å². The highest BCUT2D eigenvalue weighted by molar-refractivity contribution is 7.39. The Morgan fingerprint density at radius 2 is 1.82 bits per heavy atom. The van der Waals surface area contributed by atoms with E-state index in [1.54, 1.807) is 13.8 Å². The molecule has 0 aliphatic heterocycles. The molecule has 0 aliphatic carbocycles. The molecule has 0 fully saturated rings. The molecular weight excluding hydrogens is 243 g/mol. The van der Waals surface area contributed by atoms with Crippen LogP contribution in [0.15, 0.2) is 0 Å². The first-order valence-electron chi connectivity index (χ1n) is 5.74. The first kappa shape index (κ1) is 16.6. The highest BCUT2D eigenvalue weighted by Crippen LogP contribution is 2.23. The number of rotatable bonds is 8. The molecule has 3 N–H and O–H groups in total. The molecule has 0 rings (SSSR count). The van der Waals surface area contributed by atoms with Crippen LogP contribution in [0.2, 0.25) is 0 Å². The molecule has 17 heavy (non-hydrogen) atoms. The first-order chi connectivity index (χ1) is 7.79. The quantitative estimate of drug-likeness (QED) is 0.568. The maximum absolute atomic E-state index is 11.5. The zero-order valence-corrected chi connectivity index (χ0v) is 11.4. The summed E-state index contributed by atoms with van der Waals surface area (Å²) in [6.45, 7) is 5.27. The van der Waals surface area contributed by atoms with Crippen molar-refractivity contribution in [1.29, 1.82) is 0 Å². The predicted octanol–water partition coefficient (Wildman–Crippen LogP) is 0.942. The minimum atomic E-state index is -2.49. The van der Waals surface area contributed by atoms with Gasteiger partial charge in [-0.3, -0.25) is 4.79 Å². The maximum atomic E-state index is 11.5. The number of aliphatic hydroxyl groups excluding tert-OH is 2. The third kappa shape index (κ3) is 6.22. The summed E-state index contributed by atoms with van der Waals surface area (Å²) < 4.78 is 10.5. The Morgan fingerprint density at radius 1 is 1.29 bits per heavy atom. The standard InChI is InChI=1S/C11H21O5P/c1-7(5-12)4-8(2)11(14)9(3)10(13)6-17(15)16/h7-9,11-12,14H,4-6H2,1-3H3/p+1. The van der Waals surface area contributed by atoms with Crippen molar-refractivity contribution in [3.05, 3.63) is 0 Å². The van der Waals surface area contributed by atoms with E-state index in [-0.39, 0.29) is 18.4 Å². The van der Waals surface area contributed by atoms with Crippen LogP contribution in [0.1, 0.15) is 27.2 Å². The van der Waals surface area contributed by atoms with Gasteiger partial charge in [-0.05, 0) is 22.8 Å². The van der Waals surface area contributed by atoms with Crippen molar-refractivity contribution in [3.8, 4) is 0 Å². The van der Waals surface area contributed by atoms with Gasteiger partial charge < -0.3 is 10.2 Å². The van der Waals surface area contributed by atoms with Crippen molar-refractivity contribution in [3.63, 3.8) is 0 Å². The van der Waals surface area contributed by atoms with Crippen LogP contribution in [0.4, 0.5) is 0 Å². The Kier molecular flexibility index (Phi) is 7.71. The average molecular weight is 265 g/mol. The van der Waals surface area contributed by atoms with Gasteiger partial charge in [0.2, 0.25) is 6.16 Å². The maximum Gasteiger partial charge on any atom is 0.513 e. The number of Topliss-reactive ketones (excluding diaryl/α,β-unsaturated/α-hetero) is 1. The molecule has 5 nitrogen and oxygen atoms in total. The van der Waals surface area contributed by atoms with E-state index in [0.717, 1.165) is 0 Å². The summed E-state index contributed by atoms with van der Waals surface area (Å²) in [6, 6.07) is 0. The van der Waals surface area contributed by atoms with Gasteiger partial charge in [0.1, 0.15) is 0 Å². The molecule has 5 atom stereocenters. The Morgan fingerprint density at radius 3 is 2.24 bits per heavy atom. The van der Waals surface area contributed by atoms with E-state index >= 15 is 0 Å². The molecule has 5 unspecified atom stereocenters. The van der Waals surface area contributed by atoms with Crippen LogP contribution < -0.4 is 0 Å². The lowest BCUT2D eigenvalue weighted by molar-refractivity contribution is -0.124. The molecule has 0 saturated heterocycles. The lowest BCUT2D eigenvalue weighted by Gasteiger charge is -2.24. The summed E-state index contributed by atoms with van der Waals surface area (Å²) in [5, 5.41) is 18.8. The van der Waals surface area contributed by atoms with E-state index in [1.165, 1.54) is 0 Å². The molecule has 0 bridgehead atoms. The van der Waals surface area contributed by atoms with E-state index in [0.29, 0.717) is 6.42 Å². The summed E-state index contributed by atoms with van der Waals surface area (Å²) in [5.41, 5.74) is 0. The number of carbonyl (C=O) groups excluding carboxylic acids is 1. The molecule has 0 amide bonds. The van der Waals surface area contributed by atoms with Crippen LogP contribution >= 0.6 is 8.03 Å². The van der Waals surface area contributed by atoms with Crippen molar-refractivity contribution in [2.45, 2.75) is 33.3 Å². The van der Waals surface area contributed by atoms with E-state index in [2.05, 4.69) is 0 Å². The van der Waals surface area contributed by atoms with E-state index in [9.17, 15) is 14.5 Å². The van der Waals surface area contributed by atoms with Gasteiger partial charge in [-0.1, -0.05) is 20.8 Å². The fraction of sp³-hybridized carbons (Fsp3) is 0.909. The van der Waals surface area contributed by atoms with Gasteiger partial charge in [-0.25, -0.2) is 0 Å². The Balaban J connectivity index is 4.32. The predicted molar refractivity (Wildman–Crippen MR) is 64.9 cm³/mol. The number of carbonyl (C=O) groups is 1. The van der Waals surface area contributed by atoms with Crippen LogP contribution in [0, 0.1) is 17.8 Å². The molecule has 0 saturated carbocycles. The fourth-order valence-electron chi connectivity index (χ4n) is 1.81. The van der Waals surface area contributed by atoms with Crippen LogP contribution in [-0.4, -0.2) is 39.8 Å². The largest absolute Gasteiger partial charge is 0.513 e. The summed E-state index contributed by atoms with van der Waals surface area (Å²) in [4.78, 5) is 20.2.